The van der Waals surface area contributed by atoms with Crippen LogP contribution in [0.3, 0.4) is 0 Å². The molecule has 16 heavy (non-hydrogen) atoms. The minimum Gasteiger partial charge on any atom is -0.380 e. The van der Waals surface area contributed by atoms with Crippen LogP contribution in [0, 0.1) is 11.3 Å². The highest BCUT2D eigenvalue weighted by molar-refractivity contribution is 4.95. The molecule has 0 aromatic rings. The highest BCUT2D eigenvalue weighted by atomic mass is 16.5. The van der Waals surface area contributed by atoms with Gasteiger partial charge in [0.15, 0.2) is 0 Å². The molecule has 0 aromatic carbocycles. The van der Waals surface area contributed by atoms with Crippen LogP contribution in [0.1, 0.15) is 33.1 Å². The zero-order chi connectivity index (χ0) is 11.8. The lowest BCUT2D eigenvalue weighted by molar-refractivity contribution is 0.105. The Morgan fingerprint density at radius 1 is 1.38 bits per heavy atom. The molecule has 2 aliphatic rings. The molecule has 2 rings (SSSR count). The summed E-state index contributed by atoms with van der Waals surface area (Å²) in [6.45, 7) is 8.06. The van der Waals surface area contributed by atoms with Crippen LogP contribution in [0.15, 0.2) is 0 Å². The third-order valence-electron chi connectivity index (χ3n) is 4.62. The Morgan fingerprint density at radius 2 is 2.12 bits per heavy atom. The first-order valence-corrected chi connectivity index (χ1v) is 6.53. The summed E-state index contributed by atoms with van der Waals surface area (Å²) in [4.78, 5) is 2.53. The second-order valence-electron chi connectivity index (χ2n) is 6.22. The number of rotatable bonds is 3. The second-order valence-corrected chi connectivity index (χ2v) is 6.22. The molecule has 2 fully saturated rings. The lowest BCUT2D eigenvalue weighted by atomic mass is 9.85. The maximum absolute atomic E-state index is 6.34. The van der Waals surface area contributed by atoms with E-state index < -0.39 is 0 Å². The summed E-state index contributed by atoms with van der Waals surface area (Å²) in [5.41, 5.74) is 6.68. The molecule has 2 N–H and O–H groups in total. The molecule has 3 atom stereocenters. The van der Waals surface area contributed by atoms with E-state index in [0.717, 1.165) is 6.54 Å². The highest BCUT2D eigenvalue weighted by Gasteiger charge is 2.40. The predicted molar refractivity (Wildman–Crippen MR) is 66.3 cm³/mol. The van der Waals surface area contributed by atoms with Crippen molar-refractivity contribution in [3.05, 3.63) is 0 Å². The summed E-state index contributed by atoms with van der Waals surface area (Å²) in [5, 5.41) is 0. The first kappa shape index (κ1) is 12.3. The Morgan fingerprint density at radius 3 is 2.62 bits per heavy atom. The van der Waals surface area contributed by atoms with Crippen molar-refractivity contribution in [2.45, 2.75) is 45.3 Å². The Labute approximate surface area is 99.3 Å². The van der Waals surface area contributed by atoms with E-state index in [1.807, 2.05) is 7.11 Å². The third kappa shape index (κ3) is 2.41. The zero-order valence-corrected chi connectivity index (χ0v) is 10.9. The number of methoxy groups -OCH3 is 1. The fourth-order valence-corrected chi connectivity index (χ4v) is 3.23. The molecule has 94 valence electrons. The van der Waals surface area contributed by atoms with Gasteiger partial charge in [0.25, 0.3) is 0 Å². The quantitative estimate of drug-likeness (QED) is 0.792. The first-order chi connectivity index (χ1) is 7.53. The fourth-order valence-electron chi connectivity index (χ4n) is 3.23. The van der Waals surface area contributed by atoms with E-state index in [-0.39, 0.29) is 0 Å². The Kier molecular flexibility index (Phi) is 3.57. The molecule has 1 aliphatic heterocycles. The van der Waals surface area contributed by atoms with Crippen LogP contribution in [-0.4, -0.2) is 43.8 Å². The number of nitrogens with two attached hydrogens (primary N) is 1. The molecule has 0 amide bonds. The molecule has 0 bridgehead atoms. The van der Waals surface area contributed by atoms with E-state index in [1.54, 1.807) is 0 Å². The maximum atomic E-state index is 6.34. The molecular weight excluding hydrogens is 200 g/mol. The molecule has 1 saturated carbocycles. The normalized spacial score (nSPS) is 39.4. The van der Waals surface area contributed by atoms with Gasteiger partial charge in [0.1, 0.15) is 0 Å². The van der Waals surface area contributed by atoms with Gasteiger partial charge in [-0.1, -0.05) is 13.8 Å². The van der Waals surface area contributed by atoms with Crippen molar-refractivity contribution in [1.29, 1.82) is 0 Å². The van der Waals surface area contributed by atoms with Gasteiger partial charge in [-0.2, -0.15) is 0 Å². The topological polar surface area (TPSA) is 38.5 Å². The number of hydrogen-bond donors (Lipinski definition) is 1. The minimum atomic E-state index is 0.338. The summed E-state index contributed by atoms with van der Waals surface area (Å²) >= 11 is 0. The molecule has 1 saturated heterocycles. The van der Waals surface area contributed by atoms with Gasteiger partial charge >= 0.3 is 0 Å². The molecule has 3 heteroatoms. The van der Waals surface area contributed by atoms with E-state index in [0.29, 0.717) is 23.5 Å². The number of ether oxygens (including phenoxy) is 1. The molecule has 0 spiro atoms. The van der Waals surface area contributed by atoms with Crippen LogP contribution in [-0.2, 0) is 4.74 Å². The number of nitrogens with zero attached hydrogens (tertiary/aromatic N) is 1. The lowest BCUT2D eigenvalue weighted by Gasteiger charge is -2.29. The van der Waals surface area contributed by atoms with Crippen molar-refractivity contribution in [2.24, 2.45) is 17.1 Å². The fraction of sp³-hybridized carbons (Fsp3) is 1.00. The Bertz CT molecular complexity index is 242. The Hall–Kier alpha value is -0.120. The second kappa shape index (κ2) is 4.63. The van der Waals surface area contributed by atoms with Gasteiger partial charge < -0.3 is 15.4 Å². The summed E-state index contributed by atoms with van der Waals surface area (Å²) in [6, 6.07) is 0.370. The van der Waals surface area contributed by atoms with E-state index in [4.69, 9.17) is 10.5 Å². The van der Waals surface area contributed by atoms with Gasteiger partial charge in [0.2, 0.25) is 0 Å². The van der Waals surface area contributed by atoms with E-state index in [1.165, 1.54) is 32.4 Å². The molecular formula is C13H26N2O. The van der Waals surface area contributed by atoms with Crippen LogP contribution in [0.5, 0.6) is 0 Å². The van der Waals surface area contributed by atoms with Crippen molar-refractivity contribution in [3.63, 3.8) is 0 Å². The molecule has 3 nitrogen and oxygen atoms in total. The first-order valence-electron chi connectivity index (χ1n) is 6.53. The third-order valence-corrected chi connectivity index (χ3v) is 4.62. The predicted octanol–water partition coefficient (Wildman–Crippen LogP) is 1.47. The Balaban J connectivity index is 1.83. The monoisotopic (exact) mass is 226 g/mol. The summed E-state index contributed by atoms with van der Waals surface area (Å²) in [5.74, 6) is 0.686. The van der Waals surface area contributed by atoms with Gasteiger partial charge in [-0.25, -0.2) is 0 Å². The largest absolute Gasteiger partial charge is 0.380 e. The smallest absolute Gasteiger partial charge is 0.0710 e. The minimum absolute atomic E-state index is 0.338. The molecule has 1 heterocycles. The van der Waals surface area contributed by atoms with Gasteiger partial charge in [0, 0.05) is 32.8 Å². The average Bonchev–Trinajstić information content (AvgIpc) is 2.79. The zero-order valence-electron chi connectivity index (χ0n) is 10.9. The highest BCUT2D eigenvalue weighted by Crippen LogP contribution is 2.40. The van der Waals surface area contributed by atoms with Crippen LogP contribution < -0.4 is 5.73 Å². The average molecular weight is 226 g/mol. The van der Waals surface area contributed by atoms with Gasteiger partial charge in [-0.15, -0.1) is 0 Å². The summed E-state index contributed by atoms with van der Waals surface area (Å²) < 4.78 is 5.40. The molecule has 0 aromatic heterocycles. The van der Waals surface area contributed by atoms with Crippen LogP contribution in [0.25, 0.3) is 0 Å². The summed E-state index contributed by atoms with van der Waals surface area (Å²) in [6.07, 6.45) is 4.20. The van der Waals surface area contributed by atoms with Crippen molar-refractivity contribution in [1.82, 2.24) is 4.90 Å². The molecule has 1 aliphatic carbocycles. The molecule has 3 unspecified atom stereocenters. The number of hydrogen-bond acceptors (Lipinski definition) is 3. The molecule has 0 radical (unpaired) electrons. The summed E-state index contributed by atoms with van der Waals surface area (Å²) in [7, 11) is 1.82. The lowest BCUT2D eigenvalue weighted by Crippen LogP contribution is -2.41. The van der Waals surface area contributed by atoms with E-state index >= 15 is 0 Å². The van der Waals surface area contributed by atoms with Crippen LogP contribution >= 0.6 is 0 Å². The van der Waals surface area contributed by atoms with Crippen molar-refractivity contribution < 1.29 is 4.74 Å². The standard InChI is InChI=1S/C13H26N2O/c1-13(2)6-4-10(12(13)14)8-15-7-5-11(9-15)16-3/h10-12H,4-9,14H2,1-3H3. The maximum Gasteiger partial charge on any atom is 0.0710 e. The SMILES string of the molecule is COC1CCN(CC2CCC(C)(C)C2N)C1. The van der Waals surface area contributed by atoms with Gasteiger partial charge in [-0.05, 0) is 30.6 Å². The van der Waals surface area contributed by atoms with Crippen molar-refractivity contribution >= 4 is 0 Å². The number of likely N-dealkylation sites (tertiary alicyclic amines) is 1. The van der Waals surface area contributed by atoms with Crippen LogP contribution in [0.4, 0.5) is 0 Å². The van der Waals surface area contributed by atoms with E-state index in [2.05, 4.69) is 18.7 Å². The van der Waals surface area contributed by atoms with Gasteiger partial charge in [-0.3, -0.25) is 0 Å². The van der Waals surface area contributed by atoms with E-state index in [9.17, 15) is 0 Å². The van der Waals surface area contributed by atoms with Crippen molar-refractivity contribution in [2.75, 3.05) is 26.7 Å². The van der Waals surface area contributed by atoms with Gasteiger partial charge in [0.05, 0.1) is 6.10 Å². The van der Waals surface area contributed by atoms with Crippen molar-refractivity contribution in [3.8, 4) is 0 Å². The van der Waals surface area contributed by atoms with Crippen LogP contribution in [0.2, 0.25) is 0 Å².